The number of aromatic nitrogens is 6. The van der Waals surface area contributed by atoms with E-state index in [1.54, 1.807) is 35.5 Å². The lowest BCUT2D eigenvalue weighted by atomic mass is 10.1. The lowest BCUT2D eigenvalue weighted by Crippen LogP contribution is -2.31. The zero-order valence-electron chi connectivity index (χ0n) is 26.6. The van der Waals surface area contributed by atoms with Crippen LogP contribution >= 0.6 is 34.8 Å². The third kappa shape index (κ3) is 10.8. The summed E-state index contributed by atoms with van der Waals surface area (Å²) >= 11 is 16.3. The molecule has 3 aromatic heterocycles. The fourth-order valence-corrected chi connectivity index (χ4v) is 4.88. The van der Waals surface area contributed by atoms with Crippen molar-refractivity contribution in [2.75, 3.05) is 28.6 Å². The number of nitrogens with zero attached hydrogens (tertiary/aromatic N) is 7. The van der Waals surface area contributed by atoms with Crippen LogP contribution in [0, 0.1) is 0 Å². The largest absolute Gasteiger partial charge is 0.370 e. The summed E-state index contributed by atoms with van der Waals surface area (Å²) in [6.45, 7) is 7.35. The molecule has 1 amide bonds. The molecule has 0 saturated heterocycles. The highest BCUT2D eigenvalue weighted by molar-refractivity contribution is 6.31. The molecule has 0 fully saturated rings. The van der Waals surface area contributed by atoms with Crippen LogP contribution in [0.3, 0.4) is 0 Å². The van der Waals surface area contributed by atoms with Crippen molar-refractivity contribution in [1.29, 1.82) is 0 Å². The Hall–Kier alpha value is -4.90. The third-order valence-corrected chi connectivity index (χ3v) is 7.27. The molecular formula is C35H34Cl3N9O. The van der Waals surface area contributed by atoms with Crippen molar-refractivity contribution in [2.24, 2.45) is 0 Å². The molecule has 0 bridgehead atoms. The number of benzene rings is 3. The van der Waals surface area contributed by atoms with E-state index in [2.05, 4.69) is 59.6 Å². The first-order valence-electron chi connectivity index (χ1n) is 15.1. The van der Waals surface area contributed by atoms with Gasteiger partial charge in [-0.3, -0.25) is 9.69 Å². The van der Waals surface area contributed by atoms with E-state index in [0.717, 1.165) is 28.7 Å². The van der Waals surface area contributed by atoms with Gasteiger partial charge >= 0.3 is 0 Å². The van der Waals surface area contributed by atoms with Crippen LogP contribution in [0.2, 0.25) is 15.7 Å². The molecule has 10 nitrogen and oxygen atoms in total. The number of hydrogen-bond acceptors (Lipinski definition) is 9. The van der Waals surface area contributed by atoms with Crippen LogP contribution in [0.5, 0.6) is 0 Å². The predicted octanol–water partition coefficient (Wildman–Crippen LogP) is 8.81. The maximum Gasteiger partial charge on any atom is 0.259 e. The van der Waals surface area contributed by atoms with Crippen LogP contribution in [-0.2, 0) is 0 Å². The third-order valence-electron chi connectivity index (χ3n) is 6.70. The van der Waals surface area contributed by atoms with E-state index in [1.807, 2.05) is 74.5 Å². The van der Waals surface area contributed by atoms with Crippen LogP contribution in [0.4, 0.5) is 17.6 Å². The van der Waals surface area contributed by atoms with Gasteiger partial charge < -0.3 is 10.6 Å². The van der Waals surface area contributed by atoms with Gasteiger partial charge in [0.2, 0.25) is 16.5 Å². The number of halogens is 3. The summed E-state index contributed by atoms with van der Waals surface area (Å²) in [7, 11) is 0. The maximum absolute atomic E-state index is 13.2. The lowest BCUT2D eigenvalue weighted by molar-refractivity contribution is 0.0987. The molecule has 3 heterocycles. The van der Waals surface area contributed by atoms with E-state index in [0.29, 0.717) is 29.0 Å². The summed E-state index contributed by atoms with van der Waals surface area (Å²) in [5.74, 6) is 1.76. The first-order chi connectivity index (χ1) is 23.3. The van der Waals surface area contributed by atoms with Crippen LogP contribution in [0.15, 0.2) is 110 Å². The molecule has 0 saturated carbocycles. The number of carbonyl (C=O) groups excluding carboxylic acids is 1. The van der Waals surface area contributed by atoms with Crippen molar-refractivity contribution in [3.63, 3.8) is 0 Å². The van der Waals surface area contributed by atoms with E-state index in [1.165, 1.54) is 6.20 Å². The zero-order valence-corrected chi connectivity index (χ0v) is 28.8. The first-order valence-corrected chi connectivity index (χ1v) is 16.2. The second-order valence-corrected chi connectivity index (χ2v) is 11.1. The fraction of sp³-hybridized carbons (Fsp3) is 0.171. The maximum atomic E-state index is 13.2. The molecule has 0 aliphatic carbocycles. The molecule has 6 aromatic rings. The van der Waals surface area contributed by atoms with Gasteiger partial charge in [0.05, 0.1) is 6.04 Å². The molecule has 0 unspecified atom stereocenters. The smallest absolute Gasteiger partial charge is 0.259 e. The molecule has 48 heavy (non-hydrogen) atoms. The van der Waals surface area contributed by atoms with Crippen molar-refractivity contribution in [2.45, 2.75) is 26.8 Å². The van der Waals surface area contributed by atoms with Gasteiger partial charge in [-0.1, -0.05) is 72.3 Å². The van der Waals surface area contributed by atoms with Crippen molar-refractivity contribution in [3.8, 4) is 0 Å². The number of fused-ring (bicyclic) bond motifs is 1. The summed E-state index contributed by atoms with van der Waals surface area (Å²) in [4.78, 5) is 38.7. The quantitative estimate of drug-likeness (QED) is 0.118. The number of anilines is 3. The summed E-state index contributed by atoms with van der Waals surface area (Å²) in [6.07, 6.45) is 4.80. The topological polar surface area (TPSA) is 122 Å². The number of hydrogen-bond donors (Lipinski definition) is 2. The Morgan fingerprint density at radius 1 is 0.750 bits per heavy atom. The highest BCUT2D eigenvalue weighted by atomic mass is 35.5. The average molecular weight is 703 g/mol. The SMILES string of the molecule is CCN(C(=O)c1ccc2ccccc2c1)c1ccnc(N[C@@H](C)c2ccccc2)n1.CCNc1ccnc(Cl)n1.Clc1ccnc(Cl)n1. The first kappa shape index (κ1) is 35.9. The Kier molecular flexibility index (Phi) is 13.8. The second kappa shape index (κ2) is 18.4. The van der Waals surface area contributed by atoms with Crippen LogP contribution < -0.4 is 15.5 Å². The number of nitrogens with one attached hydrogen (secondary N) is 2. The highest BCUT2D eigenvalue weighted by Crippen LogP contribution is 2.22. The Morgan fingerprint density at radius 3 is 2.06 bits per heavy atom. The predicted molar refractivity (Wildman–Crippen MR) is 195 cm³/mol. The molecule has 3 aromatic carbocycles. The van der Waals surface area contributed by atoms with Gasteiger partial charge in [-0.2, -0.15) is 4.98 Å². The van der Waals surface area contributed by atoms with E-state index in [-0.39, 0.29) is 22.5 Å². The number of amides is 1. The minimum Gasteiger partial charge on any atom is -0.370 e. The minimum atomic E-state index is -0.0796. The minimum absolute atomic E-state index is 0.0488. The van der Waals surface area contributed by atoms with Gasteiger partial charge in [0.1, 0.15) is 16.8 Å². The molecule has 0 aliphatic rings. The van der Waals surface area contributed by atoms with E-state index >= 15 is 0 Å². The van der Waals surface area contributed by atoms with Gasteiger partial charge in [-0.15, -0.1) is 0 Å². The molecule has 13 heteroatoms. The molecule has 0 spiro atoms. The summed E-state index contributed by atoms with van der Waals surface area (Å²) < 4.78 is 0. The number of carbonyl (C=O) groups is 1. The number of rotatable bonds is 8. The Morgan fingerprint density at radius 2 is 1.42 bits per heavy atom. The molecule has 246 valence electrons. The van der Waals surface area contributed by atoms with Crippen LogP contribution in [0.1, 0.15) is 42.7 Å². The Bertz CT molecular complexity index is 1900. The highest BCUT2D eigenvalue weighted by Gasteiger charge is 2.19. The summed E-state index contributed by atoms with van der Waals surface area (Å²) in [5.41, 5.74) is 1.78. The molecule has 1 atom stereocenters. The molecule has 0 radical (unpaired) electrons. The Balaban J connectivity index is 0.000000234. The van der Waals surface area contributed by atoms with Crippen molar-refractivity contribution >= 4 is 69.1 Å². The van der Waals surface area contributed by atoms with Gasteiger partial charge in [-0.25, -0.2) is 24.9 Å². The average Bonchev–Trinajstić information content (AvgIpc) is 3.09. The van der Waals surface area contributed by atoms with Gasteiger partial charge in [0.15, 0.2) is 0 Å². The molecule has 2 N–H and O–H groups in total. The normalized spacial score (nSPS) is 10.9. The monoisotopic (exact) mass is 701 g/mol. The van der Waals surface area contributed by atoms with E-state index in [4.69, 9.17) is 34.8 Å². The lowest BCUT2D eigenvalue weighted by Gasteiger charge is -2.21. The van der Waals surface area contributed by atoms with Crippen molar-refractivity contribution in [1.82, 2.24) is 29.9 Å². The van der Waals surface area contributed by atoms with E-state index in [9.17, 15) is 4.79 Å². The van der Waals surface area contributed by atoms with Crippen LogP contribution in [-0.4, -0.2) is 48.9 Å². The second-order valence-electron chi connectivity index (χ2n) is 10.0. The fourth-order valence-electron chi connectivity index (χ4n) is 4.40. The standard InChI is InChI=1S/C25H24N4O.C6H8ClN3.C4H2Cl2N2/c1-3-29(24(30)22-14-13-20-11-7-8-12-21(20)17-22)23-15-16-26-25(28-23)27-18(2)19-9-5-4-6-10-19;1-2-8-5-3-4-9-6(7)10-5;5-3-1-2-7-4(6)8-3/h4-18H,3H2,1-2H3,(H,26,27,28);3-4H,2H2,1H3,(H,8,9,10);1-2H/t18-;;/m0../s1. The van der Waals surface area contributed by atoms with Crippen molar-refractivity contribution < 1.29 is 4.79 Å². The summed E-state index contributed by atoms with van der Waals surface area (Å²) in [6, 6.07) is 29.1. The Labute approximate surface area is 294 Å². The molecule has 6 rings (SSSR count). The molecular weight excluding hydrogens is 669 g/mol. The molecule has 0 aliphatic heterocycles. The van der Waals surface area contributed by atoms with Gasteiger partial charge in [0.25, 0.3) is 5.91 Å². The van der Waals surface area contributed by atoms with Gasteiger partial charge in [0, 0.05) is 37.2 Å². The zero-order chi connectivity index (χ0) is 34.3. The van der Waals surface area contributed by atoms with Crippen LogP contribution in [0.25, 0.3) is 10.8 Å². The van der Waals surface area contributed by atoms with Gasteiger partial charge in [-0.05, 0) is 90.6 Å². The van der Waals surface area contributed by atoms with E-state index < -0.39 is 0 Å². The summed E-state index contributed by atoms with van der Waals surface area (Å²) in [5, 5.41) is 9.31. The van der Waals surface area contributed by atoms with Crippen molar-refractivity contribution in [3.05, 3.63) is 136 Å².